The van der Waals surface area contributed by atoms with E-state index in [-0.39, 0.29) is 5.69 Å². The first-order valence-corrected chi connectivity index (χ1v) is 4.63. The Labute approximate surface area is 86.6 Å². The zero-order valence-corrected chi connectivity index (χ0v) is 8.40. The standard InChI is InChI=1S/C11H11N3O/c1-3-5-9-8(4-2)6-7-14-10(9)12-13-11(14)15/h3-7H,2H2,1H3,(H,13,15)/b5-3-. The van der Waals surface area contributed by atoms with Crippen LogP contribution >= 0.6 is 0 Å². The molecule has 2 rings (SSSR count). The fraction of sp³-hybridized carbons (Fsp3) is 0.0909. The van der Waals surface area contributed by atoms with E-state index in [4.69, 9.17) is 0 Å². The molecule has 2 heterocycles. The molecule has 15 heavy (non-hydrogen) atoms. The Morgan fingerprint density at radius 2 is 2.40 bits per heavy atom. The van der Waals surface area contributed by atoms with Gasteiger partial charge in [0.1, 0.15) is 0 Å². The highest BCUT2D eigenvalue weighted by atomic mass is 16.1. The number of aromatic amines is 1. The van der Waals surface area contributed by atoms with Crippen LogP contribution < -0.4 is 5.69 Å². The van der Waals surface area contributed by atoms with Crippen LogP contribution in [-0.4, -0.2) is 14.6 Å². The molecular formula is C11H11N3O. The van der Waals surface area contributed by atoms with Crippen LogP contribution in [0.25, 0.3) is 17.8 Å². The Balaban J connectivity index is 2.90. The molecule has 0 bridgehead atoms. The van der Waals surface area contributed by atoms with E-state index in [0.717, 1.165) is 11.1 Å². The average Bonchev–Trinajstić information content (AvgIpc) is 2.62. The van der Waals surface area contributed by atoms with Gasteiger partial charge in [-0.1, -0.05) is 24.8 Å². The summed E-state index contributed by atoms with van der Waals surface area (Å²) in [6, 6.07) is 1.84. The lowest BCUT2D eigenvalue weighted by Gasteiger charge is -2.01. The van der Waals surface area contributed by atoms with Crippen LogP contribution in [0.1, 0.15) is 18.1 Å². The molecule has 4 nitrogen and oxygen atoms in total. The highest BCUT2D eigenvalue weighted by Gasteiger charge is 2.06. The number of rotatable bonds is 2. The second kappa shape index (κ2) is 3.57. The van der Waals surface area contributed by atoms with Gasteiger partial charge in [-0.25, -0.2) is 14.3 Å². The molecule has 0 radical (unpaired) electrons. The lowest BCUT2D eigenvalue weighted by molar-refractivity contribution is 1.02. The van der Waals surface area contributed by atoms with Gasteiger partial charge >= 0.3 is 5.69 Å². The van der Waals surface area contributed by atoms with E-state index in [2.05, 4.69) is 16.8 Å². The Kier molecular flexibility index (Phi) is 2.25. The number of allylic oxidation sites excluding steroid dienone is 1. The number of fused-ring (bicyclic) bond motifs is 1. The van der Waals surface area contributed by atoms with E-state index >= 15 is 0 Å². The number of nitrogens with one attached hydrogen (secondary N) is 1. The maximum Gasteiger partial charge on any atom is 0.347 e. The van der Waals surface area contributed by atoms with Gasteiger partial charge in [-0.3, -0.25) is 0 Å². The molecule has 0 aliphatic rings. The van der Waals surface area contributed by atoms with Gasteiger partial charge in [0.2, 0.25) is 0 Å². The van der Waals surface area contributed by atoms with Crippen LogP contribution in [0.5, 0.6) is 0 Å². The van der Waals surface area contributed by atoms with Crippen LogP contribution in [0.2, 0.25) is 0 Å². The molecule has 4 heteroatoms. The minimum atomic E-state index is -0.230. The quantitative estimate of drug-likeness (QED) is 0.803. The first-order chi connectivity index (χ1) is 7.27. The van der Waals surface area contributed by atoms with Crippen LogP contribution in [0.4, 0.5) is 0 Å². The van der Waals surface area contributed by atoms with Crippen molar-refractivity contribution >= 4 is 17.8 Å². The van der Waals surface area contributed by atoms with Crippen molar-refractivity contribution in [2.75, 3.05) is 0 Å². The lowest BCUT2D eigenvalue weighted by Crippen LogP contribution is -2.09. The topological polar surface area (TPSA) is 50.2 Å². The number of nitrogens with zero attached hydrogens (tertiary/aromatic N) is 2. The second-order valence-corrected chi connectivity index (χ2v) is 3.11. The van der Waals surface area contributed by atoms with Gasteiger partial charge in [-0.05, 0) is 18.6 Å². The molecule has 2 aromatic heterocycles. The number of pyridine rings is 1. The van der Waals surface area contributed by atoms with Gasteiger partial charge in [0, 0.05) is 11.8 Å². The van der Waals surface area contributed by atoms with Crippen molar-refractivity contribution in [3.63, 3.8) is 0 Å². The largest absolute Gasteiger partial charge is 0.347 e. The van der Waals surface area contributed by atoms with E-state index in [0.29, 0.717) is 5.65 Å². The number of aromatic nitrogens is 3. The summed E-state index contributed by atoms with van der Waals surface area (Å²) < 4.78 is 1.47. The van der Waals surface area contributed by atoms with Crippen molar-refractivity contribution in [1.29, 1.82) is 0 Å². The summed E-state index contributed by atoms with van der Waals surface area (Å²) in [5, 5.41) is 6.39. The molecule has 0 unspecified atom stereocenters. The van der Waals surface area contributed by atoms with Crippen molar-refractivity contribution in [3.8, 4) is 0 Å². The summed E-state index contributed by atoms with van der Waals surface area (Å²) in [6.45, 7) is 5.65. The SMILES string of the molecule is C=Cc1ccn2c(=O)[nH]nc2c1/C=C\C. The van der Waals surface area contributed by atoms with Gasteiger partial charge in [0.05, 0.1) is 0 Å². The molecular weight excluding hydrogens is 190 g/mol. The highest BCUT2D eigenvalue weighted by Crippen LogP contribution is 2.15. The summed E-state index contributed by atoms with van der Waals surface area (Å²) in [7, 11) is 0. The number of hydrogen-bond donors (Lipinski definition) is 1. The predicted molar refractivity (Wildman–Crippen MR) is 60.6 cm³/mol. The van der Waals surface area contributed by atoms with E-state index in [1.807, 2.05) is 25.1 Å². The first-order valence-electron chi connectivity index (χ1n) is 4.63. The maximum atomic E-state index is 11.3. The summed E-state index contributed by atoms with van der Waals surface area (Å²) in [4.78, 5) is 11.3. The molecule has 2 aromatic rings. The van der Waals surface area contributed by atoms with Crippen molar-refractivity contribution in [2.24, 2.45) is 0 Å². The molecule has 0 spiro atoms. The van der Waals surface area contributed by atoms with Gasteiger partial charge in [0.25, 0.3) is 0 Å². The Bertz CT molecular complexity index is 589. The molecule has 0 fully saturated rings. The van der Waals surface area contributed by atoms with E-state index in [1.165, 1.54) is 4.40 Å². The summed E-state index contributed by atoms with van der Waals surface area (Å²) in [6.07, 6.45) is 7.24. The summed E-state index contributed by atoms with van der Waals surface area (Å²) in [5.74, 6) is 0. The van der Waals surface area contributed by atoms with E-state index < -0.39 is 0 Å². The fourth-order valence-electron chi connectivity index (χ4n) is 1.52. The van der Waals surface area contributed by atoms with Crippen molar-refractivity contribution in [2.45, 2.75) is 6.92 Å². The summed E-state index contributed by atoms with van der Waals surface area (Å²) in [5.41, 5.74) is 2.25. The monoisotopic (exact) mass is 201 g/mol. The minimum Gasteiger partial charge on any atom is -0.250 e. The molecule has 0 amide bonds. The van der Waals surface area contributed by atoms with Crippen LogP contribution in [-0.2, 0) is 0 Å². The molecule has 1 N–H and O–H groups in total. The highest BCUT2D eigenvalue weighted by molar-refractivity contribution is 5.74. The fourth-order valence-corrected chi connectivity index (χ4v) is 1.52. The van der Waals surface area contributed by atoms with Crippen molar-refractivity contribution < 1.29 is 0 Å². The third-order valence-electron chi connectivity index (χ3n) is 2.21. The first kappa shape index (κ1) is 9.45. The minimum absolute atomic E-state index is 0.230. The van der Waals surface area contributed by atoms with Crippen molar-refractivity contribution in [3.05, 3.63) is 46.5 Å². The van der Waals surface area contributed by atoms with Crippen LogP contribution in [0.15, 0.2) is 29.7 Å². The van der Waals surface area contributed by atoms with Crippen LogP contribution in [0.3, 0.4) is 0 Å². The van der Waals surface area contributed by atoms with E-state index in [9.17, 15) is 4.79 Å². The van der Waals surface area contributed by atoms with Crippen molar-refractivity contribution in [1.82, 2.24) is 14.6 Å². The third kappa shape index (κ3) is 1.40. The molecule has 0 saturated carbocycles. The molecule has 0 aromatic carbocycles. The Morgan fingerprint density at radius 1 is 1.60 bits per heavy atom. The number of H-pyrrole nitrogens is 1. The number of hydrogen-bond acceptors (Lipinski definition) is 2. The zero-order chi connectivity index (χ0) is 10.8. The molecule has 0 atom stereocenters. The average molecular weight is 201 g/mol. The zero-order valence-electron chi connectivity index (χ0n) is 8.40. The lowest BCUT2D eigenvalue weighted by atomic mass is 10.1. The van der Waals surface area contributed by atoms with Gasteiger partial charge in [-0.15, -0.1) is 0 Å². The van der Waals surface area contributed by atoms with Gasteiger partial charge < -0.3 is 0 Å². The Morgan fingerprint density at radius 3 is 3.07 bits per heavy atom. The normalized spacial score (nSPS) is 11.3. The van der Waals surface area contributed by atoms with E-state index in [1.54, 1.807) is 12.3 Å². The smallest absolute Gasteiger partial charge is 0.250 e. The molecule has 0 saturated heterocycles. The van der Waals surface area contributed by atoms with Gasteiger partial charge in [0.15, 0.2) is 5.65 Å². The van der Waals surface area contributed by atoms with Gasteiger partial charge in [-0.2, -0.15) is 5.10 Å². The second-order valence-electron chi connectivity index (χ2n) is 3.11. The molecule has 0 aliphatic heterocycles. The maximum absolute atomic E-state index is 11.3. The summed E-state index contributed by atoms with van der Waals surface area (Å²) >= 11 is 0. The Hall–Kier alpha value is -2.10. The molecule has 0 aliphatic carbocycles. The van der Waals surface area contributed by atoms with Crippen LogP contribution in [0, 0.1) is 0 Å². The third-order valence-corrected chi connectivity index (χ3v) is 2.21. The molecule has 76 valence electrons. The predicted octanol–water partition coefficient (Wildman–Crippen LogP) is 1.70.